The lowest BCUT2D eigenvalue weighted by Crippen LogP contribution is -2.32. The van der Waals surface area contributed by atoms with Gasteiger partial charge in [0.25, 0.3) is 11.8 Å². The molecule has 0 aliphatic rings. The standard InChI is InChI=1S/C21H27N5O3/c1-5-6-10-24-19(27)15-8-7-14(2)17(12-15)25-21(29)26(4)16-9-11-23-18(13-16)20(28)22-3/h7-9,11-13H,5-6,10H2,1-4H3,(H,22,28)(H,24,27)(H,25,29). The van der Waals surface area contributed by atoms with Crippen molar-refractivity contribution in [3.63, 3.8) is 0 Å². The summed E-state index contributed by atoms with van der Waals surface area (Å²) < 4.78 is 0. The van der Waals surface area contributed by atoms with Crippen LogP contribution in [0.25, 0.3) is 0 Å². The van der Waals surface area contributed by atoms with Crippen LogP contribution in [-0.4, -0.2) is 43.5 Å². The van der Waals surface area contributed by atoms with Gasteiger partial charge in [-0.15, -0.1) is 0 Å². The Labute approximate surface area is 170 Å². The number of benzene rings is 1. The minimum Gasteiger partial charge on any atom is -0.354 e. The van der Waals surface area contributed by atoms with E-state index in [2.05, 4.69) is 27.9 Å². The van der Waals surface area contributed by atoms with Crippen LogP contribution < -0.4 is 20.9 Å². The molecule has 0 fully saturated rings. The molecule has 2 aromatic rings. The van der Waals surface area contributed by atoms with Crippen LogP contribution >= 0.6 is 0 Å². The second kappa shape index (κ2) is 10.2. The lowest BCUT2D eigenvalue weighted by atomic mass is 10.1. The second-order valence-corrected chi connectivity index (χ2v) is 6.61. The first-order valence-corrected chi connectivity index (χ1v) is 9.49. The van der Waals surface area contributed by atoms with Crippen LogP contribution in [0.5, 0.6) is 0 Å². The van der Waals surface area contributed by atoms with Gasteiger partial charge in [-0.05, 0) is 43.2 Å². The van der Waals surface area contributed by atoms with Crippen molar-refractivity contribution in [1.29, 1.82) is 0 Å². The fraction of sp³-hybridized carbons (Fsp3) is 0.333. The van der Waals surface area contributed by atoms with E-state index in [4.69, 9.17) is 0 Å². The van der Waals surface area contributed by atoms with Gasteiger partial charge in [0.05, 0.1) is 0 Å². The van der Waals surface area contributed by atoms with Crippen molar-refractivity contribution in [2.75, 3.05) is 30.9 Å². The number of unbranched alkanes of at least 4 members (excludes halogenated alkanes) is 1. The summed E-state index contributed by atoms with van der Waals surface area (Å²) in [4.78, 5) is 42.1. The number of carbonyl (C=O) groups excluding carboxylic acids is 3. The molecule has 0 aliphatic carbocycles. The van der Waals surface area contributed by atoms with E-state index < -0.39 is 6.03 Å². The zero-order valence-corrected chi connectivity index (χ0v) is 17.2. The van der Waals surface area contributed by atoms with E-state index in [0.29, 0.717) is 23.5 Å². The van der Waals surface area contributed by atoms with E-state index in [0.717, 1.165) is 18.4 Å². The van der Waals surface area contributed by atoms with Gasteiger partial charge in [-0.25, -0.2) is 4.79 Å². The van der Waals surface area contributed by atoms with E-state index >= 15 is 0 Å². The van der Waals surface area contributed by atoms with Gasteiger partial charge in [0.15, 0.2) is 0 Å². The Bertz CT molecular complexity index is 898. The average molecular weight is 397 g/mol. The van der Waals surface area contributed by atoms with Crippen LogP contribution in [-0.2, 0) is 0 Å². The first kappa shape index (κ1) is 21.9. The van der Waals surface area contributed by atoms with Crippen molar-refractivity contribution >= 4 is 29.2 Å². The molecule has 0 unspecified atom stereocenters. The molecule has 0 radical (unpaired) electrons. The highest BCUT2D eigenvalue weighted by Crippen LogP contribution is 2.19. The van der Waals surface area contributed by atoms with Crippen LogP contribution in [0, 0.1) is 6.92 Å². The van der Waals surface area contributed by atoms with Gasteiger partial charge >= 0.3 is 6.03 Å². The maximum atomic E-state index is 12.7. The third kappa shape index (κ3) is 5.78. The predicted molar refractivity (Wildman–Crippen MR) is 113 cm³/mol. The SMILES string of the molecule is CCCCNC(=O)c1ccc(C)c(NC(=O)N(C)c2ccnc(C(=O)NC)c2)c1. The van der Waals surface area contributed by atoms with E-state index in [-0.39, 0.29) is 17.5 Å². The van der Waals surface area contributed by atoms with Crippen LogP contribution in [0.1, 0.15) is 46.2 Å². The molecule has 2 rings (SSSR count). The highest BCUT2D eigenvalue weighted by atomic mass is 16.2. The van der Waals surface area contributed by atoms with E-state index in [9.17, 15) is 14.4 Å². The third-order valence-electron chi connectivity index (χ3n) is 4.45. The van der Waals surface area contributed by atoms with Crippen LogP contribution in [0.2, 0.25) is 0 Å². The van der Waals surface area contributed by atoms with Crippen molar-refractivity contribution in [2.45, 2.75) is 26.7 Å². The smallest absolute Gasteiger partial charge is 0.326 e. The van der Waals surface area contributed by atoms with Gasteiger partial charge in [0.1, 0.15) is 5.69 Å². The largest absolute Gasteiger partial charge is 0.354 e. The number of hydrogen-bond acceptors (Lipinski definition) is 4. The van der Waals surface area contributed by atoms with E-state index in [1.165, 1.54) is 24.2 Å². The summed E-state index contributed by atoms with van der Waals surface area (Å²) in [6.45, 7) is 4.52. The summed E-state index contributed by atoms with van der Waals surface area (Å²) in [6, 6.07) is 7.95. The molecule has 1 aromatic carbocycles. The van der Waals surface area contributed by atoms with Gasteiger partial charge in [-0.1, -0.05) is 19.4 Å². The monoisotopic (exact) mass is 397 g/mol. The highest BCUT2D eigenvalue weighted by Gasteiger charge is 2.16. The lowest BCUT2D eigenvalue weighted by molar-refractivity contribution is 0.0947. The van der Waals surface area contributed by atoms with Crippen molar-refractivity contribution in [3.05, 3.63) is 53.3 Å². The number of hydrogen-bond donors (Lipinski definition) is 3. The molecule has 8 heteroatoms. The number of nitrogens with zero attached hydrogens (tertiary/aromatic N) is 2. The fourth-order valence-electron chi connectivity index (χ4n) is 2.58. The molecular formula is C21H27N5O3. The number of amides is 4. The number of aromatic nitrogens is 1. The normalized spacial score (nSPS) is 10.2. The molecule has 0 aliphatic heterocycles. The summed E-state index contributed by atoms with van der Waals surface area (Å²) in [6.07, 6.45) is 3.38. The Kier molecular flexibility index (Phi) is 7.70. The number of pyridine rings is 1. The summed E-state index contributed by atoms with van der Waals surface area (Å²) >= 11 is 0. The molecule has 3 N–H and O–H groups in total. The van der Waals surface area contributed by atoms with Gasteiger partial charge in [0, 0.05) is 43.8 Å². The molecule has 29 heavy (non-hydrogen) atoms. The van der Waals surface area contributed by atoms with Crippen LogP contribution in [0.4, 0.5) is 16.2 Å². The zero-order chi connectivity index (χ0) is 21.4. The Balaban J connectivity index is 2.14. The minimum absolute atomic E-state index is 0.174. The van der Waals surface area contributed by atoms with Crippen molar-refractivity contribution in [2.24, 2.45) is 0 Å². The van der Waals surface area contributed by atoms with Gasteiger partial charge < -0.3 is 16.0 Å². The number of anilines is 2. The molecule has 0 atom stereocenters. The Hall–Kier alpha value is -3.42. The molecule has 8 nitrogen and oxygen atoms in total. The first-order valence-electron chi connectivity index (χ1n) is 9.49. The molecule has 4 amide bonds. The topological polar surface area (TPSA) is 103 Å². The first-order chi connectivity index (χ1) is 13.9. The summed E-state index contributed by atoms with van der Waals surface area (Å²) in [5, 5.41) is 8.18. The molecule has 1 heterocycles. The molecule has 0 bridgehead atoms. The number of rotatable bonds is 7. The number of aryl methyl sites for hydroxylation is 1. The maximum absolute atomic E-state index is 12.7. The zero-order valence-electron chi connectivity index (χ0n) is 17.2. The Morgan fingerprint density at radius 2 is 1.86 bits per heavy atom. The molecule has 0 spiro atoms. The molecule has 0 saturated carbocycles. The van der Waals surface area contributed by atoms with Crippen LogP contribution in [0.3, 0.4) is 0 Å². The molecule has 1 aromatic heterocycles. The summed E-state index contributed by atoms with van der Waals surface area (Å²) in [5.74, 6) is -0.509. The van der Waals surface area contributed by atoms with Gasteiger partial charge in [-0.2, -0.15) is 0 Å². The third-order valence-corrected chi connectivity index (χ3v) is 4.45. The lowest BCUT2D eigenvalue weighted by Gasteiger charge is -2.19. The Morgan fingerprint density at radius 3 is 2.55 bits per heavy atom. The van der Waals surface area contributed by atoms with Crippen molar-refractivity contribution in [1.82, 2.24) is 15.6 Å². The quantitative estimate of drug-likeness (QED) is 0.625. The highest BCUT2D eigenvalue weighted by molar-refractivity contribution is 6.03. The Morgan fingerprint density at radius 1 is 1.10 bits per heavy atom. The van der Waals surface area contributed by atoms with Gasteiger partial charge in [0.2, 0.25) is 0 Å². The average Bonchev–Trinajstić information content (AvgIpc) is 2.74. The van der Waals surface area contributed by atoms with Crippen molar-refractivity contribution in [3.8, 4) is 0 Å². The molecule has 0 saturated heterocycles. The van der Waals surface area contributed by atoms with E-state index in [1.807, 2.05) is 6.92 Å². The fourth-order valence-corrected chi connectivity index (χ4v) is 2.58. The number of nitrogens with one attached hydrogen (secondary N) is 3. The van der Waals surface area contributed by atoms with Gasteiger partial charge in [-0.3, -0.25) is 19.5 Å². The number of carbonyl (C=O) groups is 3. The van der Waals surface area contributed by atoms with Crippen molar-refractivity contribution < 1.29 is 14.4 Å². The predicted octanol–water partition coefficient (Wildman–Crippen LogP) is 2.95. The second-order valence-electron chi connectivity index (χ2n) is 6.61. The van der Waals surface area contributed by atoms with Crippen LogP contribution in [0.15, 0.2) is 36.5 Å². The summed E-state index contributed by atoms with van der Waals surface area (Å²) in [5.41, 5.74) is 2.59. The minimum atomic E-state index is -0.398. The summed E-state index contributed by atoms with van der Waals surface area (Å²) in [7, 11) is 3.11. The number of urea groups is 1. The molecular weight excluding hydrogens is 370 g/mol. The molecule has 154 valence electrons. The maximum Gasteiger partial charge on any atom is 0.326 e. The van der Waals surface area contributed by atoms with E-state index in [1.54, 1.807) is 31.3 Å².